The Morgan fingerprint density at radius 3 is 2.67 bits per heavy atom. The van der Waals surface area contributed by atoms with Gasteiger partial charge in [-0.3, -0.25) is 9.59 Å². The Bertz CT molecular complexity index is 540. The van der Waals surface area contributed by atoms with Gasteiger partial charge in [0.25, 0.3) is 5.91 Å². The predicted octanol–water partition coefficient (Wildman–Crippen LogP) is 2.86. The lowest BCUT2D eigenvalue weighted by Crippen LogP contribution is -2.38. The monoisotopic (exact) mass is 311 g/mol. The second kappa shape index (κ2) is 6.80. The van der Waals surface area contributed by atoms with Crippen molar-refractivity contribution in [3.05, 3.63) is 28.8 Å². The van der Waals surface area contributed by atoms with Crippen LogP contribution in [0, 0.1) is 0 Å². The molecule has 0 bridgehead atoms. The normalized spacial score (nSPS) is 16.5. The van der Waals surface area contributed by atoms with E-state index in [0.29, 0.717) is 10.8 Å². The molecule has 0 aliphatic heterocycles. The van der Waals surface area contributed by atoms with Crippen molar-refractivity contribution in [2.45, 2.75) is 44.8 Å². The standard InChI is InChI=1S/C15H18ClNO4/c1-9(15(19)20)17-14(18)12-8-10(16)6-7-13(12)21-11-4-2-3-5-11/h6-9,11H,2-5H2,1H3,(H,17,18)(H,19,20). The first-order valence-corrected chi connectivity index (χ1v) is 7.35. The summed E-state index contributed by atoms with van der Waals surface area (Å²) in [6, 6.07) is 3.83. The number of carbonyl (C=O) groups is 2. The van der Waals surface area contributed by atoms with E-state index in [0.717, 1.165) is 25.7 Å². The maximum Gasteiger partial charge on any atom is 0.325 e. The number of hydrogen-bond acceptors (Lipinski definition) is 3. The van der Waals surface area contributed by atoms with Crippen LogP contribution in [0.15, 0.2) is 18.2 Å². The van der Waals surface area contributed by atoms with E-state index >= 15 is 0 Å². The van der Waals surface area contributed by atoms with Crippen molar-refractivity contribution >= 4 is 23.5 Å². The fourth-order valence-corrected chi connectivity index (χ4v) is 2.48. The van der Waals surface area contributed by atoms with Crippen molar-refractivity contribution in [3.63, 3.8) is 0 Å². The summed E-state index contributed by atoms with van der Waals surface area (Å²) in [6.45, 7) is 1.41. The molecule has 5 nitrogen and oxygen atoms in total. The van der Waals surface area contributed by atoms with Crippen LogP contribution in [0.3, 0.4) is 0 Å². The molecule has 1 amide bonds. The second-order valence-electron chi connectivity index (χ2n) is 5.20. The smallest absolute Gasteiger partial charge is 0.325 e. The van der Waals surface area contributed by atoms with Gasteiger partial charge < -0.3 is 15.2 Å². The van der Waals surface area contributed by atoms with Crippen molar-refractivity contribution in [2.75, 3.05) is 0 Å². The van der Waals surface area contributed by atoms with Crippen LogP contribution in [0.2, 0.25) is 5.02 Å². The topological polar surface area (TPSA) is 75.6 Å². The molecule has 1 fully saturated rings. The molecule has 6 heteroatoms. The summed E-state index contributed by atoms with van der Waals surface area (Å²) in [5.74, 6) is -1.15. The molecule has 1 saturated carbocycles. The lowest BCUT2D eigenvalue weighted by Gasteiger charge is -2.17. The van der Waals surface area contributed by atoms with Crippen molar-refractivity contribution in [1.29, 1.82) is 0 Å². The predicted molar refractivity (Wildman–Crippen MR) is 78.9 cm³/mol. The molecule has 1 unspecified atom stereocenters. The SMILES string of the molecule is CC(NC(=O)c1cc(Cl)ccc1OC1CCCC1)C(=O)O. The molecule has 1 aliphatic rings. The average Bonchev–Trinajstić information content (AvgIpc) is 2.93. The summed E-state index contributed by atoms with van der Waals surface area (Å²) in [6.07, 6.45) is 4.28. The van der Waals surface area contributed by atoms with Crippen molar-refractivity contribution in [2.24, 2.45) is 0 Å². The molecule has 0 radical (unpaired) electrons. The maximum absolute atomic E-state index is 12.2. The average molecular weight is 312 g/mol. The zero-order valence-corrected chi connectivity index (χ0v) is 12.5. The molecule has 21 heavy (non-hydrogen) atoms. The molecule has 1 aliphatic carbocycles. The van der Waals surface area contributed by atoms with Crippen LogP contribution in [-0.4, -0.2) is 29.1 Å². The first kappa shape index (κ1) is 15.6. The Hall–Kier alpha value is -1.75. The molecular weight excluding hydrogens is 294 g/mol. The van der Waals surface area contributed by atoms with Gasteiger partial charge in [-0.1, -0.05) is 11.6 Å². The molecule has 1 aromatic rings. The Kier molecular flexibility index (Phi) is 5.07. The summed E-state index contributed by atoms with van der Waals surface area (Å²) in [4.78, 5) is 23.0. The van der Waals surface area contributed by atoms with E-state index in [9.17, 15) is 9.59 Å². The highest BCUT2D eigenvalue weighted by Crippen LogP contribution is 2.28. The highest BCUT2D eigenvalue weighted by molar-refractivity contribution is 6.31. The van der Waals surface area contributed by atoms with Crippen LogP contribution in [0.4, 0.5) is 0 Å². The number of nitrogens with one attached hydrogen (secondary N) is 1. The minimum absolute atomic E-state index is 0.106. The van der Waals surface area contributed by atoms with Gasteiger partial charge in [0, 0.05) is 5.02 Å². The summed E-state index contributed by atoms with van der Waals surface area (Å²) in [5, 5.41) is 11.7. The van der Waals surface area contributed by atoms with Gasteiger partial charge in [0.05, 0.1) is 11.7 Å². The molecule has 2 rings (SSSR count). The number of benzene rings is 1. The van der Waals surface area contributed by atoms with Crippen LogP contribution in [-0.2, 0) is 4.79 Å². The van der Waals surface area contributed by atoms with Gasteiger partial charge in [-0.15, -0.1) is 0 Å². The zero-order chi connectivity index (χ0) is 15.4. The van der Waals surface area contributed by atoms with Gasteiger partial charge in [-0.2, -0.15) is 0 Å². The highest BCUT2D eigenvalue weighted by atomic mass is 35.5. The van der Waals surface area contributed by atoms with Gasteiger partial charge >= 0.3 is 5.97 Å². The molecule has 1 aromatic carbocycles. The number of carboxylic acid groups (broad SMARTS) is 1. The van der Waals surface area contributed by atoms with E-state index in [4.69, 9.17) is 21.4 Å². The van der Waals surface area contributed by atoms with Gasteiger partial charge in [-0.05, 0) is 50.8 Å². The van der Waals surface area contributed by atoms with E-state index in [1.54, 1.807) is 12.1 Å². The van der Waals surface area contributed by atoms with Crippen LogP contribution in [0.1, 0.15) is 43.0 Å². The van der Waals surface area contributed by atoms with Gasteiger partial charge in [-0.25, -0.2) is 0 Å². The molecular formula is C15H18ClNO4. The molecule has 0 heterocycles. The number of carbonyl (C=O) groups excluding carboxylic acids is 1. The lowest BCUT2D eigenvalue weighted by molar-refractivity contribution is -0.138. The van der Waals surface area contributed by atoms with Crippen molar-refractivity contribution < 1.29 is 19.4 Å². The van der Waals surface area contributed by atoms with Crippen LogP contribution in [0.25, 0.3) is 0 Å². The number of amides is 1. The number of carboxylic acids is 1. The van der Waals surface area contributed by atoms with E-state index in [2.05, 4.69) is 5.32 Å². The summed E-state index contributed by atoms with van der Waals surface area (Å²) in [7, 11) is 0. The van der Waals surface area contributed by atoms with E-state index in [1.807, 2.05) is 0 Å². The second-order valence-corrected chi connectivity index (χ2v) is 5.63. The highest BCUT2D eigenvalue weighted by Gasteiger charge is 2.22. The molecule has 0 saturated heterocycles. The number of ether oxygens (including phenoxy) is 1. The van der Waals surface area contributed by atoms with Gasteiger partial charge in [0.1, 0.15) is 11.8 Å². The number of rotatable bonds is 5. The third kappa shape index (κ3) is 4.11. The first-order chi connectivity index (χ1) is 9.97. The van der Waals surface area contributed by atoms with Crippen molar-refractivity contribution in [1.82, 2.24) is 5.32 Å². The molecule has 0 spiro atoms. The Labute approximate surface area is 128 Å². The number of halogens is 1. The summed E-state index contributed by atoms with van der Waals surface area (Å²) in [5.41, 5.74) is 0.266. The van der Waals surface area contributed by atoms with Crippen LogP contribution >= 0.6 is 11.6 Å². The minimum Gasteiger partial charge on any atom is -0.490 e. The van der Waals surface area contributed by atoms with Crippen LogP contribution in [0.5, 0.6) is 5.75 Å². The summed E-state index contributed by atoms with van der Waals surface area (Å²) < 4.78 is 5.86. The van der Waals surface area contributed by atoms with E-state index in [-0.39, 0.29) is 11.7 Å². The fraction of sp³-hybridized carbons (Fsp3) is 0.467. The summed E-state index contributed by atoms with van der Waals surface area (Å²) >= 11 is 5.92. The Morgan fingerprint density at radius 1 is 1.38 bits per heavy atom. The Balaban J connectivity index is 2.17. The number of aliphatic carboxylic acids is 1. The van der Waals surface area contributed by atoms with E-state index < -0.39 is 17.9 Å². The number of hydrogen-bond donors (Lipinski definition) is 2. The van der Waals surface area contributed by atoms with Gasteiger partial charge in [0.2, 0.25) is 0 Å². The molecule has 114 valence electrons. The third-order valence-electron chi connectivity index (χ3n) is 3.50. The molecule has 2 N–H and O–H groups in total. The van der Waals surface area contributed by atoms with Gasteiger partial charge in [0.15, 0.2) is 0 Å². The molecule has 0 aromatic heterocycles. The lowest BCUT2D eigenvalue weighted by atomic mass is 10.1. The van der Waals surface area contributed by atoms with E-state index in [1.165, 1.54) is 13.0 Å². The fourth-order valence-electron chi connectivity index (χ4n) is 2.30. The van der Waals surface area contributed by atoms with Crippen LogP contribution < -0.4 is 10.1 Å². The van der Waals surface area contributed by atoms with Crippen molar-refractivity contribution in [3.8, 4) is 5.75 Å². The first-order valence-electron chi connectivity index (χ1n) is 6.97. The third-order valence-corrected chi connectivity index (χ3v) is 3.74. The minimum atomic E-state index is -1.09. The quantitative estimate of drug-likeness (QED) is 0.876. The largest absolute Gasteiger partial charge is 0.490 e. The Morgan fingerprint density at radius 2 is 2.05 bits per heavy atom. The molecule has 1 atom stereocenters. The maximum atomic E-state index is 12.2. The zero-order valence-electron chi connectivity index (χ0n) is 11.8.